The van der Waals surface area contributed by atoms with Gasteiger partial charge in [-0.1, -0.05) is 31.2 Å². The first-order chi connectivity index (χ1) is 8.72. The average molecular weight is 240 g/mol. The van der Waals surface area contributed by atoms with Crippen molar-refractivity contribution in [3.05, 3.63) is 65.0 Å². The summed E-state index contributed by atoms with van der Waals surface area (Å²) in [7, 11) is 0. The first kappa shape index (κ1) is 12.8. The molecule has 2 heteroatoms. The molecular weight excluding hydrogens is 220 g/mol. The zero-order valence-corrected chi connectivity index (χ0v) is 11.3. The summed E-state index contributed by atoms with van der Waals surface area (Å²) in [5, 5.41) is 3.56. The molecule has 2 aromatic rings. The van der Waals surface area contributed by atoms with E-state index in [1.54, 1.807) is 0 Å². The van der Waals surface area contributed by atoms with Crippen molar-refractivity contribution in [1.29, 1.82) is 0 Å². The second kappa shape index (κ2) is 5.78. The van der Waals surface area contributed by atoms with E-state index in [0.29, 0.717) is 0 Å². The minimum Gasteiger partial charge on any atom is -0.307 e. The second-order valence-corrected chi connectivity index (χ2v) is 4.58. The summed E-state index contributed by atoms with van der Waals surface area (Å²) in [6.07, 6.45) is 1.88. The molecule has 0 aliphatic rings. The van der Waals surface area contributed by atoms with Gasteiger partial charge in [-0.2, -0.15) is 0 Å². The number of hydrogen-bond acceptors (Lipinski definition) is 2. The fraction of sp³-hybridized carbons (Fsp3) is 0.312. The Labute approximate surface area is 109 Å². The molecule has 18 heavy (non-hydrogen) atoms. The molecule has 0 radical (unpaired) electrons. The molecule has 94 valence electrons. The highest BCUT2D eigenvalue weighted by Crippen LogP contribution is 2.24. The van der Waals surface area contributed by atoms with Crippen LogP contribution in [0.4, 0.5) is 0 Å². The largest absolute Gasteiger partial charge is 0.307 e. The number of aryl methyl sites for hydroxylation is 2. The van der Waals surface area contributed by atoms with Crippen molar-refractivity contribution in [3.63, 3.8) is 0 Å². The van der Waals surface area contributed by atoms with Crippen LogP contribution in [-0.4, -0.2) is 11.5 Å². The molecule has 1 heterocycles. The van der Waals surface area contributed by atoms with Crippen LogP contribution in [0.2, 0.25) is 0 Å². The Kier molecular flexibility index (Phi) is 4.11. The van der Waals surface area contributed by atoms with E-state index in [1.807, 2.05) is 13.1 Å². The fourth-order valence-electron chi connectivity index (χ4n) is 2.27. The maximum atomic E-state index is 4.27. The van der Waals surface area contributed by atoms with E-state index >= 15 is 0 Å². The highest BCUT2D eigenvalue weighted by atomic mass is 14.9. The maximum Gasteiger partial charge on any atom is 0.0580 e. The van der Waals surface area contributed by atoms with Crippen LogP contribution in [0.1, 0.15) is 35.3 Å². The Bertz CT molecular complexity index is 520. The van der Waals surface area contributed by atoms with Gasteiger partial charge in [0.15, 0.2) is 0 Å². The lowest BCUT2D eigenvalue weighted by atomic mass is 9.95. The third-order valence-electron chi connectivity index (χ3n) is 3.16. The molecule has 1 N–H and O–H groups in total. The molecule has 0 saturated carbocycles. The van der Waals surface area contributed by atoms with Crippen LogP contribution in [0, 0.1) is 13.8 Å². The van der Waals surface area contributed by atoms with E-state index in [4.69, 9.17) is 0 Å². The minimum absolute atomic E-state index is 0.248. The maximum absolute atomic E-state index is 4.27. The quantitative estimate of drug-likeness (QED) is 0.886. The number of nitrogens with one attached hydrogen (secondary N) is 1. The van der Waals surface area contributed by atoms with Crippen LogP contribution >= 0.6 is 0 Å². The van der Waals surface area contributed by atoms with Gasteiger partial charge >= 0.3 is 0 Å². The topological polar surface area (TPSA) is 24.9 Å². The molecular formula is C16H20N2. The Balaban J connectivity index is 2.43. The van der Waals surface area contributed by atoms with Crippen LogP contribution in [0.3, 0.4) is 0 Å². The molecule has 1 aromatic carbocycles. The molecule has 1 atom stereocenters. The number of rotatable bonds is 4. The molecule has 1 unspecified atom stereocenters. The van der Waals surface area contributed by atoms with Crippen LogP contribution in [0.5, 0.6) is 0 Å². The summed E-state index contributed by atoms with van der Waals surface area (Å²) in [4.78, 5) is 4.27. The van der Waals surface area contributed by atoms with Crippen molar-refractivity contribution < 1.29 is 0 Å². The second-order valence-electron chi connectivity index (χ2n) is 4.58. The van der Waals surface area contributed by atoms with E-state index in [-0.39, 0.29) is 6.04 Å². The van der Waals surface area contributed by atoms with Crippen molar-refractivity contribution in [1.82, 2.24) is 10.3 Å². The minimum atomic E-state index is 0.248. The smallest absolute Gasteiger partial charge is 0.0580 e. The van der Waals surface area contributed by atoms with E-state index in [0.717, 1.165) is 12.2 Å². The third-order valence-corrected chi connectivity index (χ3v) is 3.16. The van der Waals surface area contributed by atoms with Crippen LogP contribution in [0.15, 0.2) is 42.6 Å². The van der Waals surface area contributed by atoms with Gasteiger partial charge in [-0.3, -0.25) is 4.98 Å². The lowest BCUT2D eigenvalue weighted by molar-refractivity contribution is 0.626. The van der Waals surface area contributed by atoms with Gasteiger partial charge in [-0.25, -0.2) is 0 Å². The SMILES string of the molecule is CCNC(c1ccnc(C)c1)c1ccccc1C. The molecule has 0 aliphatic carbocycles. The lowest BCUT2D eigenvalue weighted by Crippen LogP contribution is -2.22. The van der Waals surface area contributed by atoms with E-state index < -0.39 is 0 Å². The summed E-state index contributed by atoms with van der Waals surface area (Å²) in [5.41, 5.74) is 4.99. The summed E-state index contributed by atoms with van der Waals surface area (Å²) < 4.78 is 0. The highest BCUT2D eigenvalue weighted by molar-refractivity contribution is 5.36. The average Bonchev–Trinajstić information content (AvgIpc) is 2.37. The van der Waals surface area contributed by atoms with Gasteiger partial charge in [0.1, 0.15) is 0 Å². The summed E-state index contributed by atoms with van der Waals surface area (Å²) in [6.45, 7) is 7.28. The standard InChI is InChI=1S/C16H20N2/c1-4-17-16(14-9-10-18-13(3)11-14)15-8-6-5-7-12(15)2/h5-11,16-17H,4H2,1-3H3. The predicted octanol–water partition coefficient (Wildman–Crippen LogP) is 3.40. The number of aromatic nitrogens is 1. The number of pyridine rings is 1. The summed E-state index contributed by atoms with van der Waals surface area (Å²) in [5.74, 6) is 0. The Morgan fingerprint density at radius 1 is 1.17 bits per heavy atom. The Hall–Kier alpha value is -1.67. The van der Waals surface area contributed by atoms with Crippen LogP contribution in [0.25, 0.3) is 0 Å². The van der Waals surface area contributed by atoms with Gasteiger partial charge in [0.25, 0.3) is 0 Å². The van der Waals surface area contributed by atoms with Crippen molar-refractivity contribution in [3.8, 4) is 0 Å². The number of nitrogens with zero attached hydrogens (tertiary/aromatic N) is 1. The Morgan fingerprint density at radius 3 is 2.61 bits per heavy atom. The summed E-state index contributed by atoms with van der Waals surface area (Å²) >= 11 is 0. The molecule has 1 aromatic heterocycles. The van der Waals surface area contributed by atoms with Gasteiger partial charge in [0.2, 0.25) is 0 Å². The molecule has 0 amide bonds. The van der Waals surface area contributed by atoms with Crippen molar-refractivity contribution in [2.45, 2.75) is 26.8 Å². The van der Waals surface area contributed by atoms with Crippen molar-refractivity contribution in [2.75, 3.05) is 6.54 Å². The zero-order chi connectivity index (χ0) is 13.0. The molecule has 2 rings (SSSR count). The predicted molar refractivity (Wildman–Crippen MR) is 75.7 cm³/mol. The Morgan fingerprint density at radius 2 is 1.94 bits per heavy atom. The number of benzene rings is 1. The molecule has 0 bridgehead atoms. The normalized spacial score (nSPS) is 12.4. The zero-order valence-electron chi connectivity index (χ0n) is 11.3. The van der Waals surface area contributed by atoms with Gasteiger partial charge in [-0.15, -0.1) is 0 Å². The van der Waals surface area contributed by atoms with E-state index in [9.17, 15) is 0 Å². The fourth-order valence-corrected chi connectivity index (χ4v) is 2.27. The molecule has 0 spiro atoms. The van der Waals surface area contributed by atoms with Gasteiger partial charge in [0, 0.05) is 11.9 Å². The van der Waals surface area contributed by atoms with Gasteiger partial charge in [-0.05, 0) is 49.2 Å². The third kappa shape index (κ3) is 2.77. The summed E-state index contributed by atoms with van der Waals surface area (Å²) in [6, 6.07) is 13.0. The van der Waals surface area contributed by atoms with Gasteiger partial charge in [0.05, 0.1) is 6.04 Å². The van der Waals surface area contributed by atoms with Gasteiger partial charge < -0.3 is 5.32 Å². The number of hydrogen-bond donors (Lipinski definition) is 1. The lowest BCUT2D eigenvalue weighted by Gasteiger charge is -2.21. The van der Waals surface area contributed by atoms with Crippen LogP contribution in [-0.2, 0) is 0 Å². The molecule has 0 saturated heterocycles. The highest BCUT2D eigenvalue weighted by Gasteiger charge is 2.14. The van der Waals surface area contributed by atoms with Crippen LogP contribution < -0.4 is 5.32 Å². The molecule has 0 aliphatic heterocycles. The first-order valence-electron chi connectivity index (χ1n) is 6.44. The molecule has 2 nitrogen and oxygen atoms in total. The van der Waals surface area contributed by atoms with E-state index in [2.05, 4.69) is 60.5 Å². The molecule has 0 fully saturated rings. The van der Waals surface area contributed by atoms with E-state index in [1.165, 1.54) is 16.7 Å². The van der Waals surface area contributed by atoms with Crippen molar-refractivity contribution in [2.24, 2.45) is 0 Å². The monoisotopic (exact) mass is 240 g/mol. The van der Waals surface area contributed by atoms with Crippen molar-refractivity contribution >= 4 is 0 Å². The first-order valence-corrected chi connectivity index (χ1v) is 6.44.